The van der Waals surface area contributed by atoms with Crippen LogP contribution in [-0.4, -0.2) is 22.5 Å². The normalized spacial score (nSPS) is 16.4. The summed E-state index contributed by atoms with van der Waals surface area (Å²) >= 11 is 1.40. The molecule has 0 radical (unpaired) electrons. The van der Waals surface area contributed by atoms with Crippen LogP contribution in [0.15, 0.2) is 12.2 Å². The number of methoxy groups -OCH3 is 1. The number of nitrogens with one attached hydrogen (secondary N) is 1. The fraction of sp³-hybridized carbons (Fsp3) is 0.556. The van der Waals surface area contributed by atoms with Gasteiger partial charge in [0.2, 0.25) is 5.13 Å². The summed E-state index contributed by atoms with van der Waals surface area (Å²) in [5.41, 5.74) is 0. The number of hydrogen-bond acceptors (Lipinski definition) is 5. The summed E-state index contributed by atoms with van der Waals surface area (Å²) in [4.78, 5) is 4.31. The molecule has 1 aromatic rings. The minimum atomic E-state index is 0.487. The van der Waals surface area contributed by atoms with Gasteiger partial charge in [-0.05, 0) is 12.8 Å². The standard InChI is InChI=1S/C9H13N3OS/c1-13-6-8-11-9(14-12-8)10-7-4-2-3-5-7/h2-3,7H,4-6H2,1H3,(H,10,11,12). The highest BCUT2D eigenvalue weighted by Gasteiger charge is 2.12. The Kier molecular flexibility index (Phi) is 3.10. The van der Waals surface area contributed by atoms with Crippen LogP contribution >= 0.6 is 11.5 Å². The SMILES string of the molecule is COCc1nsc(NC2CC=CC2)n1. The van der Waals surface area contributed by atoms with Crippen molar-refractivity contribution in [2.45, 2.75) is 25.5 Å². The molecule has 1 aliphatic carbocycles. The Balaban J connectivity index is 1.89. The summed E-state index contributed by atoms with van der Waals surface area (Å²) in [7, 11) is 1.65. The van der Waals surface area contributed by atoms with E-state index in [9.17, 15) is 0 Å². The van der Waals surface area contributed by atoms with Gasteiger partial charge in [0.15, 0.2) is 5.82 Å². The van der Waals surface area contributed by atoms with E-state index in [1.165, 1.54) is 11.5 Å². The maximum Gasteiger partial charge on any atom is 0.202 e. The molecular weight excluding hydrogens is 198 g/mol. The van der Waals surface area contributed by atoms with E-state index in [-0.39, 0.29) is 0 Å². The van der Waals surface area contributed by atoms with Crippen molar-refractivity contribution in [3.05, 3.63) is 18.0 Å². The van der Waals surface area contributed by atoms with Crippen molar-refractivity contribution in [1.82, 2.24) is 9.36 Å². The highest BCUT2D eigenvalue weighted by atomic mass is 32.1. The molecule has 4 nitrogen and oxygen atoms in total. The highest BCUT2D eigenvalue weighted by molar-refractivity contribution is 7.09. The number of hydrogen-bond donors (Lipinski definition) is 1. The topological polar surface area (TPSA) is 47.0 Å². The van der Waals surface area contributed by atoms with Crippen LogP contribution in [0.3, 0.4) is 0 Å². The van der Waals surface area contributed by atoms with Crippen molar-refractivity contribution in [1.29, 1.82) is 0 Å². The Hall–Kier alpha value is -0.940. The molecule has 2 rings (SSSR count). The number of ether oxygens (including phenoxy) is 1. The number of rotatable bonds is 4. The third-order valence-corrected chi connectivity index (χ3v) is 2.76. The molecule has 1 N–H and O–H groups in total. The average Bonchev–Trinajstić information content (AvgIpc) is 2.79. The number of anilines is 1. The molecule has 0 spiro atoms. The van der Waals surface area contributed by atoms with Crippen LogP contribution in [-0.2, 0) is 11.3 Å². The lowest BCUT2D eigenvalue weighted by Gasteiger charge is -2.08. The van der Waals surface area contributed by atoms with Gasteiger partial charge in [0.1, 0.15) is 6.61 Å². The van der Waals surface area contributed by atoms with E-state index in [4.69, 9.17) is 4.74 Å². The Bertz CT molecular complexity index is 316. The van der Waals surface area contributed by atoms with Crippen LogP contribution in [0.4, 0.5) is 5.13 Å². The summed E-state index contributed by atoms with van der Waals surface area (Å²) in [6.07, 6.45) is 6.54. The van der Waals surface area contributed by atoms with Gasteiger partial charge in [0, 0.05) is 24.7 Å². The van der Waals surface area contributed by atoms with Gasteiger partial charge in [0.25, 0.3) is 0 Å². The van der Waals surface area contributed by atoms with Crippen LogP contribution in [0.25, 0.3) is 0 Å². The first-order valence-corrected chi connectivity index (χ1v) is 5.39. The second-order valence-electron chi connectivity index (χ2n) is 3.23. The molecule has 0 unspecified atom stereocenters. The van der Waals surface area contributed by atoms with E-state index in [0.717, 1.165) is 23.8 Å². The zero-order valence-electron chi connectivity index (χ0n) is 8.06. The summed E-state index contributed by atoms with van der Waals surface area (Å²) in [5.74, 6) is 0.756. The molecule has 0 atom stereocenters. The van der Waals surface area contributed by atoms with Gasteiger partial charge in [-0.15, -0.1) is 0 Å². The predicted molar refractivity (Wildman–Crippen MR) is 56.4 cm³/mol. The summed E-state index contributed by atoms with van der Waals surface area (Å²) in [5, 5.41) is 4.24. The lowest BCUT2D eigenvalue weighted by molar-refractivity contribution is 0.179. The molecule has 0 saturated heterocycles. The van der Waals surface area contributed by atoms with Crippen LogP contribution in [0, 0.1) is 0 Å². The Morgan fingerprint density at radius 2 is 2.36 bits per heavy atom. The molecule has 0 saturated carbocycles. The Morgan fingerprint density at radius 3 is 3.07 bits per heavy atom. The van der Waals surface area contributed by atoms with E-state index in [1.807, 2.05) is 0 Å². The van der Waals surface area contributed by atoms with Crippen molar-refractivity contribution in [3.8, 4) is 0 Å². The van der Waals surface area contributed by atoms with E-state index in [0.29, 0.717) is 12.6 Å². The minimum absolute atomic E-state index is 0.487. The average molecular weight is 211 g/mol. The van der Waals surface area contributed by atoms with E-state index in [1.54, 1.807) is 7.11 Å². The van der Waals surface area contributed by atoms with Crippen molar-refractivity contribution in [2.24, 2.45) is 0 Å². The molecule has 0 aromatic carbocycles. The second kappa shape index (κ2) is 4.52. The zero-order chi connectivity index (χ0) is 9.80. The lowest BCUT2D eigenvalue weighted by Crippen LogP contribution is -2.14. The van der Waals surface area contributed by atoms with E-state index < -0.39 is 0 Å². The fourth-order valence-corrected chi connectivity index (χ4v) is 2.06. The predicted octanol–water partition coefficient (Wildman–Crippen LogP) is 1.81. The van der Waals surface area contributed by atoms with Gasteiger partial charge in [-0.1, -0.05) is 12.2 Å². The largest absolute Gasteiger partial charge is 0.377 e. The van der Waals surface area contributed by atoms with Gasteiger partial charge in [-0.2, -0.15) is 4.37 Å². The summed E-state index contributed by atoms with van der Waals surface area (Å²) in [6.45, 7) is 0.487. The van der Waals surface area contributed by atoms with Crippen LogP contribution < -0.4 is 5.32 Å². The molecule has 1 aliphatic rings. The second-order valence-corrected chi connectivity index (χ2v) is 3.98. The van der Waals surface area contributed by atoms with Gasteiger partial charge >= 0.3 is 0 Å². The fourth-order valence-electron chi connectivity index (χ4n) is 1.41. The molecule has 14 heavy (non-hydrogen) atoms. The first-order valence-electron chi connectivity index (χ1n) is 4.61. The Labute approximate surface area is 87.2 Å². The highest BCUT2D eigenvalue weighted by Crippen LogP contribution is 2.18. The van der Waals surface area contributed by atoms with E-state index >= 15 is 0 Å². The van der Waals surface area contributed by atoms with Gasteiger partial charge in [-0.25, -0.2) is 4.98 Å². The van der Waals surface area contributed by atoms with Crippen LogP contribution in [0.2, 0.25) is 0 Å². The first kappa shape index (κ1) is 9.61. The monoisotopic (exact) mass is 211 g/mol. The number of aromatic nitrogens is 2. The number of nitrogens with zero attached hydrogens (tertiary/aromatic N) is 2. The third-order valence-electron chi connectivity index (χ3n) is 2.08. The summed E-state index contributed by atoms with van der Waals surface area (Å²) in [6, 6.07) is 0.498. The van der Waals surface area contributed by atoms with Crippen LogP contribution in [0.1, 0.15) is 18.7 Å². The van der Waals surface area contributed by atoms with Crippen molar-refractivity contribution in [2.75, 3.05) is 12.4 Å². The molecule has 5 heteroatoms. The molecule has 0 bridgehead atoms. The zero-order valence-corrected chi connectivity index (χ0v) is 8.88. The van der Waals surface area contributed by atoms with Crippen LogP contribution in [0.5, 0.6) is 0 Å². The van der Waals surface area contributed by atoms with Crippen molar-refractivity contribution in [3.63, 3.8) is 0 Å². The maximum absolute atomic E-state index is 4.95. The smallest absolute Gasteiger partial charge is 0.202 e. The molecular formula is C9H13N3OS. The first-order chi connectivity index (χ1) is 6.88. The third kappa shape index (κ3) is 2.30. The van der Waals surface area contributed by atoms with Gasteiger partial charge in [-0.3, -0.25) is 0 Å². The maximum atomic E-state index is 4.95. The molecule has 1 heterocycles. The summed E-state index contributed by atoms with van der Waals surface area (Å²) < 4.78 is 9.12. The van der Waals surface area contributed by atoms with Crippen molar-refractivity contribution < 1.29 is 4.74 Å². The molecule has 76 valence electrons. The van der Waals surface area contributed by atoms with Gasteiger partial charge in [0.05, 0.1) is 0 Å². The minimum Gasteiger partial charge on any atom is -0.377 e. The lowest BCUT2D eigenvalue weighted by atomic mass is 10.2. The van der Waals surface area contributed by atoms with Crippen molar-refractivity contribution >= 4 is 16.7 Å². The molecule has 0 amide bonds. The molecule has 1 aromatic heterocycles. The molecule has 0 fully saturated rings. The molecule has 0 aliphatic heterocycles. The van der Waals surface area contributed by atoms with E-state index in [2.05, 4.69) is 26.8 Å². The van der Waals surface area contributed by atoms with Gasteiger partial charge < -0.3 is 10.1 Å². The quantitative estimate of drug-likeness (QED) is 0.772. The Morgan fingerprint density at radius 1 is 1.57 bits per heavy atom.